The molecule has 0 saturated carbocycles. The third kappa shape index (κ3) is 7.70. The Morgan fingerprint density at radius 2 is 1.64 bits per heavy atom. The number of benzene rings is 2. The van der Waals surface area contributed by atoms with Gasteiger partial charge in [0.05, 0.1) is 6.54 Å². The molecule has 0 bridgehead atoms. The molecule has 11 heteroatoms. The summed E-state index contributed by atoms with van der Waals surface area (Å²) >= 11 is 0. The topological polar surface area (TPSA) is 123 Å². The number of likely N-dealkylation sites (N-methyl/N-ethyl adjacent to an activating group) is 1. The standard InChI is InChI=1S/C28H37N5O6/c1-7-33(27(38)39-28(3,4)5)29-26(37)20-12-13-23(19(2)14-20)31(18-25(35)36)17-24(34)30(6)32-15-21-10-8-9-11-22(21)16-32/h8-14H,7,15-18H2,1-6H3,(H,29,37)(H,35,36). The number of carbonyl (C=O) groups is 4. The normalized spacial score (nSPS) is 12.9. The lowest BCUT2D eigenvalue weighted by molar-refractivity contribution is -0.145. The molecule has 0 spiro atoms. The van der Waals surface area contributed by atoms with Crippen LogP contribution in [0.1, 0.15) is 54.7 Å². The average Bonchev–Trinajstić information content (AvgIpc) is 3.29. The van der Waals surface area contributed by atoms with Crippen LogP contribution in [0.5, 0.6) is 0 Å². The molecule has 0 saturated heterocycles. The second-order valence-electron chi connectivity index (χ2n) is 10.4. The van der Waals surface area contributed by atoms with Gasteiger partial charge < -0.3 is 14.7 Å². The molecule has 0 atom stereocenters. The predicted octanol–water partition coefficient (Wildman–Crippen LogP) is 3.18. The Morgan fingerprint density at radius 1 is 1.03 bits per heavy atom. The van der Waals surface area contributed by atoms with Crippen LogP contribution in [0.3, 0.4) is 0 Å². The van der Waals surface area contributed by atoms with E-state index in [1.807, 2.05) is 29.3 Å². The van der Waals surface area contributed by atoms with Crippen LogP contribution in [-0.4, -0.2) is 76.3 Å². The molecule has 1 heterocycles. The lowest BCUT2D eigenvalue weighted by Gasteiger charge is -2.31. The van der Waals surface area contributed by atoms with Gasteiger partial charge in [0.1, 0.15) is 12.1 Å². The Kier molecular flexibility index (Phi) is 9.18. The summed E-state index contributed by atoms with van der Waals surface area (Å²) in [6.45, 7) is 9.47. The lowest BCUT2D eigenvalue weighted by Crippen LogP contribution is -2.48. The van der Waals surface area contributed by atoms with Crippen LogP contribution in [0.4, 0.5) is 10.5 Å². The van der Waals surface area contributed by atoms with E-state index in [1.54, 1.807) is 53.8 Å². The number of hydrogen-bond donors (Lipinski definition) is 2. The van der Waals surface area contributed by atoms with Crippen molar-refractivity contribution in [2.45, 2.75) is 53.3 Å². The fourth-order valence-corrected chi connectivity index (χ4v) is 4.25. The van der Waals surface area contributed by atoms with Crippen LogP contribution in [0.15, 0.2) is 42.5 Å². The van der Waals surface area contributed by atoms with Crippen molar-refractivity contribution in [3.63, 3.8) is 0 Å². The van der Waals surface area contributed by atoms with Crippen LogP contribution in [-0.2, 0) is 27.4 Å². The van der Waals surface area contributed by atoms with Gasteiger partial charge in [-0.1, -0.05) is 24.3 Å². The smallest absolute Gasteiger partial charge is 0.429 e. The van der Waals surface area contributed by atoms with Gasteiger partial charge in [-0.3, -0.25) is 24.8 Å². The van der Waals surface area contributed by atoms with Crippen LogP contribution in [0.25, 0.3) is 0 Å². The van der Waals surface area contributed by atoms with Gasteiger partial charge in [-0.2, -0.15) is 0 Å². The molecule has 0 radical (unpaired) electrons. The second-order valence-corrected chi connectivity index (χ2v) is 10.4. The van der Waals surface area contributed by atoms with Gasteiger partial charge in [0.2, 0.25) is 0 Å². The molecule has 2 aromatic rings. The molecule has 0 aromatic heterocycles. The Labute approximate surface area is 228 Å². The predicted molar refractivity (Wildman–Crippen MR) is 146 cm³/mol. The maximum atomic E-state index is 13.2. The Morgan fingerprint density at radius 3 is 2.15 bits per heavy atom. The number of amides is 3. The molecule has 0 fully saturated rings. The number of carbonyl (C=O) groups excluding carboxylic acids is 3. The average molecular weight is 540 g/mol. The van der Waals surface area contributed by atoms with Crippen molar-refractivity contribution in [1.82, 2.24) is 20.5 Å². The number of carboxylic acids is 1. The summed E-state index contributed by atoms with van der Waals surface area (Å²) in [5, 5.41) is 14.1. The monoisotopic (exact) mass is 539 g/mol. The molecule has 0 aliphatic carbocycles. The molecule has 3 amide bonds. The van der Waals surface area contributed by atoms with Crippen molar-refractivity contribution in [3.05, 3.63) is 64.7 Å². The Hall–Kier alpha value is -4.12. The zero-order chi connectivity index (χ0) is 28.9. The van der Waals surface area contributed by atoms with Gasteiger partial charge in [-0.05, 0) is 69.5 Å². The zero-order valence-electron chi connectivity index (χ0n) is 23.4. The Balaban J connectivity index is 1.72. The number of nitrogens with zero attached hydrogens (tertiary/aromatic N) is 4. The molecule has 2 N–H and O–H groups in total. The van der Waals surface area contributed by atoms with E-state index in [1.165, 1.54) is 16.0 Å². The van der Waals surface area contributed by atoms with Crippen LogP contribution in [0, 0.1) is 6.92 Å². The molecular formula is C28H37N5O6. The van der Waals surface area contributed by atoms with E-state index < -0.39 is 30.1 Å². The highest BCUT2D eigenvalue weighted by molar-refractivity contribution is 5.96. The number of carboxylic acid groups (broad SMARTS) is 1. The molecule has 3 rings (SSSR count). The zero-order valence-corrected chi connectivity index (χ0v) is 23.4. The number of hydrogen-bond acceptors (Lipinski definition) is 7. The van der Waals surface area contributed by atoms with Crippen molar-refractivity contribution in [2.75, 3.05) is 31.6 Å². The minimum absolute atomic E-state index is 0.162. The SMILES string of the molecule is CCN(NC(=O)c1ccc(N(CC(=O)O)CC(=O)N(C)N2Cc3ccccc3C2)c(C)c1)C(=O)OC(C)(C)C. The largest absolute Gasteiger partial charge is 0.480 e. The van der Waals surface area contributed by atoms with Crippen molar-refractivity contribution < 1.29 is 29.0 Å². The summed E-state index contributed by atoms with van der Waals surface area (Å²) < 4.78 is 5.32. The van der Waals surface area contributed by atoms with Crippen LogP contribution >= 0.6 is 0 Å². The first-order valence-electron chi connectivity index (χ1n) is 12.8. The molecule has 210 valence electrons. The summed E-state index contributed by atoms with van der Waals surface area (Å²) in [4.78, 5) is 51.6. The van der Waals surface area contributed by atoms with Crippen LogP contribution < -0.4 is 10.3 Å². The molecular weight excluding hydrogens is 502 g/mol. The van der Waals surface area contributed by atoms with Gasteiger partial charge in [0.15, 0.2) is 0 Å². The molecule has 0 unspecified atom stereocenters. The summed E-state index contributed by atoms with van der Waals surface area (Å²) in [6.07, 6.45) is -0.678. The van der Waals surface area contributed by atoms with E-state index in [4.69, 9.17) is 4.74 Å². The number of aryl methyl sites for hydroxylation is 1. The quantitative estimate of drug-likeness (QED) is 0.491. The minimum atomic E-state index is -1.09. The lowest BCUT2D eigenvalue weighted by atomic mass is 10.1. The van der Waals surface area contributed by atoms with Crippen molar-refractivity contribution >= 4 is 29.6 Å². The van der Waals surface area contributed by atoms with E-state index >= 15 is 0 Å². The highest BCUT2D eigenvalue weighted by Crippen LogP contribution is 2.25. The maximum Gasteiger partial charge on any atom is 0.429 e. The van der Waals surface area contributed by atoms with Crippen molar-refractivity contribution in [3.8, 4) is 0 Å². The third-order valence-corrected chi connectivity index (χ3v) is 6.23. The fourth-order valence-electron chi connectivity index (χ4n) is 4.25. The van der Waals surface area contributed by atoms with Crippen molar-refractivity contribution in [1.29, 1.82) is 0 Å². The number of hydrazine groups is 2. The Bertz CT molecular complexity index is 1220. The summed E-state index contributed by atoms with van der Waals surface area (Å²) in [6, 6.07) is 12.7. The van der Waals surface area contributed by atoms with Crippen molar-refractivity contribution in [2.24, 2.45) is 0 Å². The van der Waals surface area contributed by atoms with Gasteiger partial charge in [-0.25, -0.2) is 14.8 Å². The number of anilines is 1. The molecule has 1 aliphatic heterocycles. The highest BCUT2D eigenvalue weighted by Gasteiger charge is 2.27. The van der Waals surface area contributed by atoms with Gasteiger partial charge in [-0.15, -0.1) is 0 Å². The summed E-state index contributed by atoms with van der Waals surface area (Å²) in [5.41, 5.74) is 5.52. The van der Waals surface area contributed by atoms with Gasteiger partial charge in [0.25, 0.3) is 11.8 Å². The first-order valence-corrected chi connectivity index (χ1v) is 12.8. The van der Waals surface area contributed by atoms with E-state index in [0.717, 1.165) is 16.1 Å². The first kappa shape index (κ1) is 29.4. The van der Waals surface area contributed by atoms with E-state index in [2.05, 4.69) is 5.43 Å². The second kappa shape index (κ2) is 12.2. The van der Waals surface area contributed by atoms with E-state index in [9.17, 15) is 24.3 Å². The number of fused-ring (bicyclic) bond motifs is 1. The first-order chi connectivity index (χ1) is 18.3. The number of aliphatic carboxylic acids is 1. The van der Waals surface area contributed by atoms with Gasteiger partial charge >= 0.3 is 12.1 Å². The minimum Gasteiger partial charge on any atom is -0.480 e. The fraction of sp³-hybridized carbons (Fsp3) is 0.429. The molecule has 11 nitrogen and oxygen atoms in total. The number of nitrogens with one attached hydrogen (secondary N) is 1. The van der Waals surface area contributed by atoms with E-state index in [-0.39, 0.29) is 24.6 Å². The van der Waals surface area contributed by atoms with Gasteiger partial charge in [0, 0.05) is 37.9 Å². The highest BCUT2D eigenvalue weighted by atomic mass is 16.6. The number of ether oxygens (including phenoxy) is 1. The summed E-state index contributed by atoms with van der Waals surface area (Å²) in [5.74, 6) is -1.87. The van der Waals surface area contributed by atoms with E-state index in [0.29, 0.717) is 24.3 Å². The molecule has 39 heavy (non-hydrogen) atoms. The van der Waals surface area contributed by atoms with Crippen LogP contribution in [0.2, 0.25) is 0 Å². The molecule has 2 aromatic carbocycles. The molecule has 1 aliphatic rings. The number of rotatable bonds is 8. The maximum absolute atomic E-state index is 13.2. The summed E-state index contributed by atoms with van der Waals surface area (Å²) in [7, 11) is 1.68. The third-order valence-electron chi connectivity index (χ3n) is 6.23.